The largest absolute Gasteiger partial charge is 0.507 e. The molecule has 0 radical (unpaired) electrons. The van der Waals surface area contributed by atoms with Crippen LogP contribution in [0, 0.1) is 5.82 Å². The maximum Gasteiger partial charge on any atom is 0.131 e. The molecule has 0 amide bonds. The first kappa shape index (κ1) is 18.6. The van der Waals surface area contributed by atoms with Gasteiger partial charge in [-0.3, -0.25) is 0 Å². The lowest BCUT2D eigenvalue weighted by Crippen LogP contribution is -2.03. The minimum Gasteiger partial charge on any atom is -0.507 e. The Morgan fingerprint density at radius 2 is 1.27 bits per heavy atom. The molecule has 0 aliphatic heterocycles. The summed E-state index contributed by atoms with van der Waals surface area (Å²) in [5.41, 5.74) is 2.78. The summed E-state index contributed by atoms with van der Waals surface area (Å²) in [6.07, 6.45) is 4.71. The van der Waals surface area contributed by atoms with Gasteiger partial charge in [0.2, 0.25) is 0 Å². The van der Waals surface area contributed by atoms with Crippen LogP contribution in [0.5, 0.6) is 5.75 Å². The molecule has 148 valence electrons. The van der Waals surface area contributed by atoms with E-state index in [1.54, 1.807) is 12.1 Å². The fourth-order valence-electron chi connectivity index (χ4n) is 4.60. The van der Waals surface area contributed by atoms with E-state index in [4.69, 9.17) is 0 Å². The summed E-state index contributed by atoms with van der Waals surface area (Å²) in [5.74, 6) is 0.255. The number of aromatic hydroxyl groups is 1. The summed E-state index contributed by atoms with van der Waals surface area (Å²) < 4.78 is 14.3. The first-order chi connectivity index (χ1) is 14.7. The van der Waals surface area contributed by atoms with Gasteiger partial charge in [0.05, 0.1) is 0 Å². The molecule has 0 bridgehead atoms. The van der Waals surface area contributed by atoms with Crippen LogP contribution in [0.4, 0.5) is 4.39 Å². The Balaban J connectivity index is 0.000000149. The molecule has 0 aromatic heterocycles. The normalized spacial score (nSPS) is 13.1. The SMILES string of the molecule is Fc1cc2c3c(ccc2c2ccccc12)CCCC3.Oc1cccc2ccccc12. The van der Waals surface area contributed by atoms with Gasteiger partial charge in [0.25, 0.3) is 0 Å². The van der Waals surface area contributed by atoms with Gasteiger partial charge in [0.15, 0.2) is 0 Å². The molecule has 0 fully saturated rings. The molecule has 0 spiro atoms. The minimum absolute atomic E-state index is 0.0953. The molecule has 6 rings (SSSR count). The van der Waals surface area contributed by atoms with Gasteiger partial charge in [-0.25, -0.2) is 4.39 Å². The van der Waals surface area contributed by atoms with E-state index in [2.05, 4.69) is 12.1 Å². The highest BCUT2D eigenvalue weighted by Crippen LogP contribution is 2.34. The smallest absolute Gasteiger partial charge is 0.131 e. The molecular weight excluding hydrogens is 371 g/mol. The molecule has 5 aromatic carbocycles. The molecule has 1 nitrogen and oxygen atoms in total. The lowest BCUT2D eigenvalue weighted by atomic mass is 9.86. The Labute approximate surface area is 175 Å². The van der Waals surface area contributed by atoms with E-state index in [9.17, 15) is 9.50 Å². The highest BCUT2D eigenvalue weighted by Gasteiger charge is 2.15. The second kappa shape index (κ2) is 7.79. The quantitative estimate of drug-likeness (QED) is 0.269. The number of hydrogen-bond donors (Lipinski definition) is 1. The maximum atomic E-state index is 14.3. The Morgan fingerprint density at radius 1 is 0.600 bits per heavy atom. The van der Waals surface area contributed by atoms with Gasteiger partial charge in [-0.15, -0.1) is 0 Å². The van der Waals surface area contributed by atoms with E-state index in [-0.39, 0.29) is 5.82 Å². The first-order valence-electron chi connectivity index (χ1n) is 10.5. The molecule has 0 heterocycles. The topological polar surface area (TPSA) is 20.2 Å². The van der Waals surface area contributed by atoms with Crippen LogP contribution in [0.2, 0.25) is 0 Å². The maximum absolute atomic E-state index is 14.3. The first-order valence-corrected chi connectivity index (χ1v) is 10.5. The number of benzene rings is 5. The Hall–Kier alpha value is -3.39. The molecule has 5 aromatic rings. The average Bonchev–Trinajstić information content (AvgIpc) is 2.80. The van der Waals surface area contributed by atoms with Crippen LogP contribution < -0.4 is 0 Å². The second-order valence-corrected chi connectivity index (χ2v) is 7.91. The molecule has 30 heavy (non-hydrogen) atoms. The minimum atomic E-state index is -0.0953. The van der Waals surface area contributed by atoms with Crippen molar-refractivity contribution in [1.82, 2.24) is 0 Å². The molecule has 1 aliphatic rings. The summed E-state index contributed by atoms with van der Waals surface area (Å²) in [7, 11) is 0. The van der Waals surface area contributed by atoms with Crippen molar-refractivity contribution in [3.8, 4) is 5.75 Å². The van der Waals surface area contributed by atoms with Crippen LogP contribution >= 0.6 is 0 Å². The van der Waals surface area contributed by atoms with Crippen LogP contribution in [0.25, 0.3) is 32.3 Å². The third kappa shape index (κ3) is 3.29. The van der Waals surface area contributed by atoms with Crippen molar-refractivity contribution in [1.29, 1.82) is 0 Å². The van der Waals surface area contributed by atoms with Crippen molar-refractivity contribution in [2.75, 3.05) is 0 Å². The summed E-state index contributed by atoms with van der Waals surface area (Å²) in [6.45, 7) is 0. The third-order valence-corrected chi connectivity index (χ3v) is 6.09. The number of rotatable bonds is 0. The number of phenolic OH excluding ortho intramolecular Hbond substituents is 1. The van der Waals surface area contributed by atoms with Gasteiger partial charge in [0, 0.05) is 10.8 Å². The van der Waals surface area contributed by atoms with Crippen molar-refractivity contribution in [2.45, 2.75) is 25.7 Å². The lowest BCUT2D eigenvalue weighted by molar-refractivity contribution is 0.481. The van der Waals surface area contributed by atoms with Crippen molar-refractivity contribution < 1.29 is 9.50 Å². The number of aryl methyl sites for hydroxylation is 2. The molecule has 0 saturated carbocycles. The van der Waals surface area contributed by atoms with Crippen LogP contribution in [-0.2, 0) is 12.8 Å². The molecule has 2 heteroatoms. The van der Waals surface area contributed by atoms with E-state index in [0.29, 0.717) is 5.75 Å². The van der Waals surface area contributed by atoms with Crippen molar-refractivity contribution >= 4 is 32.3 Å². The van der Waals surface area contributed by atoms with Crippen molar-refractivity contribution in [2.24, 2.45) is 0 Å². The Kier molecular flexibility index (Phi) is 4.84. The summed E-state index contributed by atoms with van der Waals surface area (Å²) >= 11 is 0. The summed E-state index contributed by atoms with van der Waals surface area (Å²) in [4.78, 5) is 0. The van der Waals surface area contributed by atoms with Gasteiger partial charge in [0.1, 0.15) is 11.6 Å². The number of hydrogen-bond acceptors (Lipinski definition) is 1. The number of phenols is 1. The van der Waals surface area contributed by atoms with E-state index in [1.807, 2.05) is 60.7 Å². The molecule has 0 atom stereocenters. The van der Waals surface area contributed by atoms with Crippen molar-refractivity contribution in [3.63, 3.8) is 0 Å². The summed E-state index contributed by atoms with van der Waals surface area (Å²) in [5, 5.41) is 15.4. The monoisotopic (exact) mass is 394 g/mol. The fraction of sp³-hybridized carbons (Fsp3) is 0.143. The zero-order valence-electron chi connectivity index (χ0n) is 16.7. The van der Waals surface area contributed by atoms with E-state index in [0.717, 1.165) is 39.8 Å². The van der Waals surface area contributed by atoms with Crippen LogP contribution in [0.3, 0.4) is 0 Å². The molecule has 1 aliphatic carbocycles. The lowest BCUT2D eigenvalue weighted by Gasteiger charge is -2.19. The van der Waals surface area contributed by atoms with Crippen LogP contribution in [0.15, 0.2) is 84.9 Å². The number of fused-ring (bicyclic) bond motifs is 6. The highest BCUT2D eigenvalue weighted by atomic mass is 19.1. The van der Waals surface area contributed by atoms with Gasteiger partial charge in [-0.05, 0) is 70.5 Å². The zero-order chi connectivity index (χ0) is 20.5. The van der Waals surface area contributed by atoms with Crippen LogP contribution in [0.1, 0.15) is 24.0 Å². The van der Waals surface area contributed by atoms with Gasteiger partial charge in [-0.2, -0.15) is 0 Å². The Morgan fingerprint density at radius 3 is 2.10 bits per heavy atom. The third-order valence-electron chi connectivity index (χ3n) is 6.09. The average molecular weight is 394 g/mol. The standard InChI is InChI=1S/C18H15F.C10H8O/c19-18-11-17-13-6-2-1-5-12(13)9-10-15(17)14-7-3-4-8-16(14)18;11-10-7-3-5-8-4-1-2-6-9(8)10/h3-4,7-11H,1-2,5-6H2;1-7,11H. The van der Waals surface area contributed by atoms with E-state index in [1.165, 1.54) is 29.4 Å². The predicted molar refractivity (Wildman–Crippen MR) is 124 cm³/mol. The molecule has 0 unspecified atom stereocenters. The van der Waals surface area contributed by atoms with E-state index < -0.39 is 0 Å². The number of halogens is 1. The fourth-order valence-corrected chi connectivity index (χ4v) is 4.60. The van der Waals surface area contributed by atoms with Gasteiger partial charge in [-0.1, -0.05) is 72.8 Å². The van der Waals surface area contributed by atoms with Gasteiger partial charge < -0.3 is 5.11 Å². The van der Waals surface area contributed by atoms with Crippen molar-refractivity contribution in [3.05, 3.63) is 102 Å². The summed E-state index contributed by atoms with van der Waals surface area (Å²) in [6, 6.07) is 27.2. The highest BCUT2D eigenvalue weighted by molar-refractivity contribution is 6.09. The van der Waals surface area contributed by atoms with E-state index >= 15 is 0 Å². The molecular formula is C28H23FO. The van der Waals surface area contributed by atoms with Crippen LogP contribution in [-0.4, -0.2) is 5.11 Å². The molecule has 1 N–H and O–H groups in total. The zero-order valence-corrected chi connectivity index (χ0v) is 16.7. The van der Waals surface area contributed by atoms with Gasteiger partial charge >= 0.3 is 0 Å². The second-order valence-electron chi connectivity index (χ2n) is 7.91. The predicted octanol–water partition coefficient (Wildman–Crippen LogP) is 7.56. The molecule has 0 saturated heterocycles. The Bertz CT molecular complexity index is 1360.